The molecule has 1 aromatic carbocycles. The van der Waals surface area contributed by atoms with Crippen LogP contribution < -0.4 is 4.74 Å². The van der Waals surface area contributed by atoms with Crippen LogP contribution in [-0.2, 0) is 0 Å². The van der Waals surface area contributed by atoms with Crippen LogP contribution in [0.15, 0.2) is 16.6 Å². The molecule has 0 aliphatic heterocycles. The predicted molar refractivity (Wildman–Crippen MR) is 52.8 cm³/mol. The minimum atomic E-state index is -4.86. The van der Waals surface area contributed by atoms with E-state index in [2.05, 4.69) is 20.7 Å². The lowest BCUT2D eigenvalue weighted by molar-refractivity contribution is -0.274. The van der Waals surface area contributed by atoms with E-state index < -0.39 is 18.1 Å². The number of carboxylic acids is 1. The van der Waals surface area contributed by atoms with Crippen molar-refractivity contribution in [3.63, 3.8) is 0 Å². The molecule has 3 nitrogen and oxygen atoms in total. The van der Waals surface area contributed by atoms with Crippen molar-refractivity contribution in [1.82, 2.24) is 0 Å². The van der Waals surface area contributed by atoms with Crippen LogP contribution >= 0.6 is 27.5 Å². The van der Waals surface area contributed by atoms with E-state index in [0.29, 0.717) is 0 Å². The van der Waals surface area contributed by atoms with Gasteiger partial charge in [-0.2, -0.15) is 0 Å². The molecule has 88 valence electrons. The van der Waals surface area contributed by atoms with Gasteiger partial charge in [-0.15, -0.1) is 13.2 Å². The molecule has 0 aromatic heterocycles. The maximum atomic E-state index is 11.9. The summed E-state index contributed by atoms with van der Waals surface area (Å²) in [6, 6.07) is 1.72. The summed E-state index contributed by atoms with van der Waals surface area (Å²) in [7, 11) is 0. The summed E-state index contributed by atoms with van der Waals surface area (Å²) < 4.78 is 39.2. The number of alkyl halides is 3. The van der Waals surface area contributed by atoms with Gasteiger partial charge in [0.2, 0.25) is 0 Å². The van der Waals surface area contributed by atoms with Crippen LogP contribution in [-0.4, -0.2) is 17.4 Å². The number of hydrogen-bond acceptors (Lipinski definition) is 2. The summed E-state index contributed by atoms with van der Waals surface area (Å²) in [5.74, 6) is -1.94. The first kappa shape index (κ1) is 13.1. The second-order valence-electron chi connectivity index (χ2n) is 2.62. The first-order valence-corrected chi connectivity index (χ1v) is 4.86. The molecule has 1 rings (SSSR count). The van der Waals surface area contributed by atoms with Crippen molar-refractivity contribution < 1.29 is 27.8 Å². The number of ether oxygens (including phenoxy) is 1. The van der Waals surface area contributed by atoms with Crippen LogP contribution in [0.2, 0.25) is 5.02 Å². The molecular formula is C8H3BrClF3O3. The summed E-state index contributed by atoms with van der Waals surface area (Å²) in [4.78, 5) is 10.6. The minimum Gasteiger partial charge on any atom is -0.478 e. The van der Waals surface area contributed by atoms with Crippen molar-refractivity contribution in [3.05, 3.63) is 27.2 Å². The van der Waals surface area contributed by atoms with Gasteiger partial charge >= 0.3 is 12.3 Å². The van der Waals surface area contributed by atoms with E-state index in [1.54, 1.807) is 0 Å². The van der Waals surface area contributed by atoms with E-state index >= 15 is 0 Å². The van der Waals surface area contributed by atoms with Crippen LogP contribution in [0.5, 0.6) is 5.75 Å². The summed E-state index contributed by atoms with van der Waals surface area (Å²) in [5, 5.41) is 8.31. The fraction of sp³-hybridized carbons (Fsp3) is 0.125. The van der Waals surface area contributed by atoms with E-state index in [0.717, 1.165) is 12.1 Å². The van der Waals surface area contributed by atoms with Crippen molar-refractivity contribution in [3.8, 4) is 5.75 Å². The van der Waals surface area contributed by atoms with Crippen molar-refractivity contribution in [2.45, 2.75) is 6.36 Å². The van der Waals surface area contributed by atoms with Crippen molar-refractivity contribution in [1.29, 1.82) is 0 Å². The Morgan fingerprint density at radius 3 is 2.44 bits per heavy atom. The summed E-state index contributed by atoms with van der Waals surface area (Å²) in [6.45, 7) is 0. The van der Waals surface area contributed by atoms with Gasteiger partial charge in [0.05, 0.1) is 15.1 Å². The zero-order chi connectivity index (χ0) is 12.5. The van der Waals surface area contributed by atoms with Gasteiger partial charge in [-0.1, -0.05) is 11.6 Å². The Morgan fingerprint density at radius 1 is 1.44 bits per heavy atom. The number of carboxylic acid groups (broad SMARTS) is 1. The number of benzene rings is 1. The highest BCUT2D eigenvalue weighted by molar-refractivity contribution is 9.10. The zero-order valence-electron chi connectivity index (χ0n) is 7.31. The fourth-order valence-electron chi connectivity index (χ4n) is 0.895. The molecule has 1 aromatic rings. The third-order valence-corrected chi connectivity index (χ3v) is 2.41. The van der Waals surface area contributed by atoms with Crippen LogP contribution in [0.4, 0.5) is 13.2 Å². The predicted octanol–water partition coefficient (Wildman–Crippen LogP) is 3.70. The van der Waals surface area contributed by atoms with Gasteiger partial charge in [0.25, 0.3) is 0 Å². The standard InChI is InChI=1S/C8H3BrClF3O3/c9-4-1-3(7(14)15)5(10)2-6(4)16-8(11,12)13/h1-2H,(H,14,15). The van der Waals surface area contributed by atoms with E-state index in [1.165, 1.54) is 0 Å². The van der Waals surface area contributed by atoms with Gasteiger partial charge in [-0.3, -0.25) is 0 Å². The molecule has 0 atom stereocenters. The number of halogens is 5. The highest BCUT2D eigenvalue weighted by Gasteiger charge is 2.32. The van der Waals surface area contributed by atoms with Crippen molar-refractivity contribution >= 4 is 33.5 Å². The normalized spacial score (nSPS) is 11.3. The largest absolute Gasteiger partial charge is 0.573 e. The maximum absolute atomic E-state index is 11.9. The van der Waals surface area contributed by atoms with Gasteiger partial charge in [0.15, 0.2) is 0 Å². The first-order valence-electron chi connectivity index (χ1n) is 3.69. The molecule has 0 heterocycles. The molecule has 0 radical (unpaired) electrons. The number of aromatic carboxylic acids is 1. The summed E-state index contributed by atoms with van der Waals surface area (Å²) >= 11 is 8.23. The summed E-state index contributed by atoms with van der Waals surface area (Å²) in [6.07, 6.45) is -4.86. The molecule has 0 aliphatic rings. The Labute approximate surface area is 101 Å². The first-order chi connectivity index (χ1) is 7.20. The zero-order valence-corrected chi connectivity index (χ0v) is 9.65. The molecule has 0 unspecified atom stereocenters. The Kier molecular flexibility index (Phi) is 3.69. The van der Waals surface area contributed by atoms with E-state index in [1.807, 2.05) is 0 Å². The van der Waals surface area contributed by atoms with Crippen LogP contribution in [0.25, 0.3) is 0 Å². The lowest BCUT2D eigenvalue weighted by Gasteiger charge is -2.11. The fourth-order valence-corrected chi connectivity index (χ4v) is 1.55. The molecule has 1 N–H and O–H groups in total. The average molecular weight is 319 g/mol. The molecule has 0 saturated heterocycles. The SMILES string of the molecule is O=C(O)c1cc(Br)c(OC(F)(F)F)cc1Cl. The Bertz CT molecular complexity index is 433. The molecular weight excluding hydrogens is 316 g/mol. The van der Waals surface area contributed by atoms with Crippen LogP contribution in [0.1, 0.15) is 10.4 Å². The third kappa shape index (κ3) is 3.28. The molecule has 0 amide bonds. The average Bonchev–Trinajstić information content (AvgIpc) is 2.07. The van der Waals surface area contributed by atoms with E-state index in [9.17, 15) is 18.0 Å². The van der Waals surface area contributed by atoms with E-state index in [-0.39, 0.29) is 15.1 Å². The highest BCUT2D eigenvalue weighted by Crippen LogP contribution is 2.34. The molecule has 0 bridgehead atoms. The maximum Gasteiger partial charge on any atom is 0.573 e. The molecule has 16 heavy (non-hydrogen) atoms. The van der Waals surface area contributed by atoms with Crippen LogP contribution in [0, 0.1) is 0 Å². The quantitative estimate of drug-likeness (QED) is 0.904. The van der Waals surface area contributed by atoms with Gasteiger partial charge in [0.1, 0.15) is 5.75 Å². The number of carbonyl (C=O) groups is 1. The smallest absolute Gasteiger partial charge is 0.478 e. The Hall–Kier alpha value is -0.950. The molecule has 8 heteroatoms. The van der Waals surface area contributed by atoms with Gasteiger partial charge < -0.3 is 9.84 Å². The Morgan fingerprint density at radius 2 is 2.00 bits per heavy atom. The molecule has 0 aliphatic carbocycles. The number of hydrogen-bond donors (Lipinski definition) is 1. The molecule has 0 fully saturated rings. The highest BCUT2D eigenvalue weighted by atomic mass is 79.9. The summed E-state index contributed by atoms with van der Waals surface area (Å²) in [5.41, 5.74) is -0.317. The van der Waals surface area contributed by atoms with Gasteiger partial charge in [0, 0.05) is 6.07 Å². The van der Waals surface area contributed by atoms with Gasteiger partial charge in [-0.25, -0.2) is 4.79 Å². The second-order valence-corrected chi connectivity index (χ2v) is 3.88. The minimum absolute atomic E-state index is 0.147. The molecule has 0 saturated carbocycles. The second kappa shape index (κ2) is 4.50. The van der Waals surface area contributed by atoms with Gasteiger partial charge in [-0.05, 0) is 22.0 Å². The third-order valence-electron chi connectivity index (χ3n) is 1.48. The lowest BCUT2D eigenvalue weighted by Crippen LogP contribution is -2.17. The van der Waals surface area contributed by atoms with Crippen molar-refractivity contribution in [2.24, 2.45) is 0 Å². The monoisotopic (exact) mass is 318 g/mol. The number of rotatable bonds is 2. The Balaban J connectivity index is 3.16. The molecule has 0 spiro atoms. The topological polar surface area (TPSA) is 46.5 Å². The van der Waals surface area contributed by atoms with Crippen molar-refractivity contribution in [2.75, 3.05) is 0 Å². The van der Waals surface area contributed by atoms with Crippen LogP contribution in [0.3, 0.4) is 0 Å². The van der Waals surface area contributed by atoms with E-state index in [4.69, 9.17) is 16.7 Å². The lowest BCUT2D eigenvalue weighted by atomic mass is 10.2.